The molecule has 0 aliphatic carbocycles. The van der Waals surface area contributed by atoms with E-state index in [1.54, 1.807) is 26.0 Å². The first-order chi connectivity index (χ1) is 11.3. The van der Waals surface area contributed by atoms with Crippen molar-refractivity contribution in [1.82, 2.24) is 4.98 Å². The number of hydrogen-bond acceptors (Lipinski definition) is 4. The third-order valence-corrected chi connectivity index (χ3v) is 4.03. The predicted octanol–water partition coefficient (Wildman–Crippen LogP) is 3.76. The summed E-state index contributed by atoms with van der Waals surface area (Å²) in [6.45, 7) is 4.96. The Morgan fingerprint density at radius 1 is 1.12 bits per heavy atom. The highest BCUT2D eigenvalue weighted by atomic mass is 35.5. The van der Waals surface area contributed by atoms with Gasteiger partial charge >= 0.3 is 0 Å². The van der Waals surface area contributed by atoms with Gasteiger partial charge in [0.25, 0.3) is 5.91 Å². The molecule has 0 aliphatic rings. The number of H-pyrrole nitrogens is 1. The summed E-state index contributed by atoms with van der Waals surface area (Å²) in [6.07, 6.45) is 0. The van der Waals surface area contributed by atoms with Crippen LogP contribution in [0.2, 0.25) is 5.02 Å². The van der Waals surface area contributed by atoms with E-state index in [1.165, 1.54) is 21.1 Å². The molecule has 1 aromatic carbocycles. The van der Waals surface area contributed by atoms with E-state index >= 15 is 0 Å². The minimum absolute atomic E-state index is 0.0916. The molecule has 0 atom stereocenters. The van der Waals surface area contributed by atoms with Crippen LogP contribution in [0.1, 0.15) is 39.0 Å². The van der Waals surface area contributed by atoms with Crippen molar-refractivity contribution >= 4 is 29.0 Å². The minimum atomic E-state index is -0.384. The van der Waals surface area contributed by atoms with Gasteiger partial charge in [-0.2, -0.15) is 0 Å². The Balaban J connectivity index is 2.40. The number of ether oxygens (including phenoxy) is 2. The number of halogens is 1. The van der Waals surface area contributed by atoms with E-state index in [-0.39, 0.29) is 11.7 Å². The number of aromatic nitrogens is 1. The lowest BCUT2D eigenvalue weighted by Gasteiger charge is -2.13. The molecular formula is C17H19ClN2O4. The second-order valence-corrected chi connectivity index (χ2v) is 5.73. The summed E-state index contributed by atoms with van der Waals surface area (Å²) in [4.78, 5) is 27.3. The second-order valence-electron chi connectivity index (χ2n) is 5.32. The summed E-state index contributed by atoms with van der Waals surface area (Å²) in [5, 5.41) is 3.13. The van der Waals surface area contributed by atoms with Crippen LogP contribution in [-0.4, -0.2) is 30.9 Å². The molecule has 24 heavy (non-hydrogen) atoms. The summed E-state index contributed by atoms with van der Waals surface area (Å²) >= 11 is 6.06. The van der Waals surface area contributed by atoms with E-state index in [4.69, 9.17) is 21.1 Å². The lowest BCUT2D eigenvalue weighted by atomic mass is 10.1. The minimum Gasteiger partial charge on any atom is -0.495 e. The Morgan fingerprint density at radius 2 is 1.75 bits per heavy atom. The van der Waals surface area contributed by atoms with Gasteiger partial charge in [0.15, 0.2) is 5.78 Å². The molecule has 2 aromatic rings. The molecule has 2 rings (SSSR count). The van der Waals surface area contributed by atoms with Crippen LogP contribution in [-0.2, 0) is 0 Å². The maximum Gasteiger partial charge on any atom is 0.272 e. The third kappa shape index (κ3) is 3.23. The summed E-state index contributed by atoms with van der Waals surface area (Å²) < 4.78 is 10.4. The first-order valence-electron chi connectivity index (χ1n) is 7.23. The summed E-state index contributed by atoms with van der Waals surface area (Å²) in [5.41, 5.74) is 2.54. The van der Waals surface area contributed by atoms with Crippen LogP contribution < -0.4 is 14.8 Å². The van der Waals surface area contributed by atoms with E-state index in [1.807, 2.05) is 0 Å². The number of carbonyl (C=O) groups excluding carboxylic acids is 2. The monoisotopic (exact) mass is 350 g/mol. The molecule has 128 valence electrons. The number of hydrogen-bond donors (Lipinski definition) is 2. The standard InChI is InChI=1S/C17H19ClN2O4/c1-8-15(10(3)21)9(2)19-16(8)17(22)20-12-7-13(23-4)11(18)6-14(12)24-5/h6-7,19H,1-5H3,(H,20,22). The van der Waals surface area contributed by atoms with E-state index in [9.17, 15) is 9.59 Å². The van der Waals surface area contributed by atoms with Gasteiger partial charge in [-0.15, -0.1) is 0 Å². The average Bonchev–Trinajstić information content (AvgIpc) is 2.83. The van der Waals surface area contributed by atoms with Gasteiger partial charge in [-0.25, -0.2) is 0 Å². The fraction of sp³-hybridized carbons (Fsp3) is 0.294. The van der Waals surface area contributed by atoms with Crippen LogP contribution in [0.25, 0.3) is 0 Å². The molecule has 0 saturated heterocycles. The molecule has 0 spiro atoms. The van der Waals surface area contributed by atoms with Crippen molar-refractivity contribution in [2.24, 2.45) is 0 Å². The number of amides is 1. The number of carbonyl (C=O) groups is 2. The molecule has 1 heterocycles. The van der Waals surface area contributed by atoms with Gasteiger partial charge in [0.2, 0.25) is 0 Å². The van der Waals surface area contributed by atoms with Gasteiger partial charge in [-0.3, -0.25) is 9.59 Å². The zero-order valence-corrected chi connectivity index (χ0v) is 14.9. The first kappa shape index (κ1) is 17.9. The van der Waals surface area contributed by atoms with Crippen molar-refractivity contribution in [3.8, 4) is 11.5 Å². The van der Waals surface area contributed by atoms with Crippen LogP contribution in [0, 0.1) is 13.8 Å². The van der Waals surface area contributed by atoms with Gasteiger partial charge in [0, 0.05) is 23.4 Å². The van der Waals surface area contributed by atoms with Crippen molar-refractivity contribution in [2.45, 2.75) is 20.8 Å². The number of nitrogens with one attached hydrogen (secondary N) is 2. The van der Waals surface area contributed by atoms with Gasteiger partial charge in [0.1, 0.15) is 17.2 Å². The number of rotatable bonds is 5. The van der Waals surface area contributed by atoms with Crippen molar-refractivity contribution in [3.05, 3.63) is 39.7 Å². The van der Waals surface area contributed by atoms with Crippen LogP contribution in [0.3, 0.4) is 0 Å². The van der Waals surface area contributed by atoms with Crippen LogP contribution >= 0.6 is 11.6 Å². The average molecular weight is 351 g/mol. The number of methoxy groups -OCH3 is 2. The normalized spacial score (nSPS) is 10.4. The zero-order chi connectivity index (χ0) is 18.0. The molecule has 0 unspecified atom stereocenters. The summed E-state index contributed by atoms with van der Waals surface area (Å²) in [6, 6.07) is 3.14. The number of Topliss-reactive ketones (excluding diaryl/α,β-unsaturated/α-hetero) is 1. The maximum atomic E-state index is 12.6. The Bertz CT molecular complexity index is 811. The van der Waals surface area contributed by atoms with Crippen molar-refractivity contribution in [1.29, 1.82) is 0 Å². The SMILES string of the molecule is COc1cc(NC(=O)c2[nH]c(C)c(C(C)=O)c2C)c(OC)cc1Cl. The van der Waals surface area contributed by atoms with Gasteiger partial charge in [-0.1, -0.05) is 11.6 Å². The molecule has 7 heteroatoms. The molecular weight excluding hydrogens is 332 g/mol. The largest absolute Gasteiger partial charge is 0.495 e. The highest BCUT2D eigenvalue weighted by Crippen LogP contribution is 2.36. The van der Waals surface area contributed by atoms with Gasteiger partial charge in [-0.05, 0) is 26.3 Å². The van der Waals surface area contributed by atoms with Crippen molar-refractivity contribution in [2.75, 3.05) is 19.5 Å². The molecule has 0 saturated carbocycles. The van der Waals surface area contributed by atoms with Crippen molar-refractivity contribution in [3.63, 3.8) is 0 Å². The Labute approximate surface area is 145 Å². The predicted molar refractivity (Wildman–Crippen MR) is 92.8 cm³/mol. The van der Waals surface area contributed by atoms with E-state index in [2.05, 4.69) is 10.3 Å². The zero-order valence-electron chi connectivity index (χ0n) is 14.2. The van der Waals surface area contributed by atoms with Gasteiger partial charge < -0.3 is 19.8 Å². The number of aryl methyl sites for hydroxylation is 1. The summed E-state index contributed by atoms with van der Waals surface area (Å²) in [5.74, 6) is 0.343. The lowest BCUT2D eigenvalue weighted by molar-refractivity contribution is 0.101. The smallest absolute Gasteiger partial charge is 0.272 e. The number of benzene rings is 1. The fourth-order valence-electron chi connectivity index (χ4n) is 2.65. The van der Waals surface area contributed by atoms with Crippen LogP contribution in [0.5, 0.6) is 11.5 Å². The fourth-order valence-corrected chi connectivity index (χ4v) is 2.88. The molecule has 0 fully saturated rings. The number of ketones is 1. The Kier molecular flexibility index (Phi) is 5.19. The second kappa shape index (κ2) is 6.97. The Hall–Kier alpha value is -2.47. The molecule has 0 bridgehead atoms. The highest BCUT2D eigenvalue weighted by molar-refractivity contribution is 6.32. The quantitative estimate of drug-likeness (QED) is 0.804. The summed E-state index contributed by atoms with van der Waals surface area (Å²) in [7, 11) is 2.96. The molecule has 1 amide bonds. The van der Waals surface area contributed by atoms with E-state index in [0.717, 1.165) is 0 Å². The molecule has 6 nitrogen and oxygen atoms in total. The molecule has 0 radical (unpaired) electrons. The van der Waals surface area contributed by atoms with Crippen molar-refractivity contribution < 1.29 is 19.1 Å². The van der Waals surface area contributed by atoms with Crippen LogP contribution in [0.15, 0.2) is 12.1 Å². The van der Waals surface area contributed by atoms with Crippen LogP contribution in [0.4, 0.5) is 5.69 Å². The van der Waals surface area contributed by atoms with E-state index in [0.29, 0.717) is 44.7 Å². The maximum absolute atomic E-state index is 12.6. The lowest BCUT2D eigenvalue weighted by Crippen LogP contribution is -2.14. The first-order valence-corrected chi connectivity index (χ1v) is 7.60. The molecule has 2 N–H and O–H groups in total. The third-order valence-electron chi connectivity index (χ3n) is 3.74. The van der Waals surface area contributed by atoms with Gasteiger partial charge in [0.05, 0.1) is 24.9 Å². The number of aromatic amines is 1. The van der Waals surface area contributed by atoms with E-state index < -0.39 is 0 Å². The number of anilines is 1. The highest BCUT2D eigenvalue weighted by Gasteiger charge is 2.21. The molecule has 0 aliphatic heterocycles. The molecule has 1 aromatic heterocycles. The topological polar surface area (TPSA) is 80.4 Å². The Morgan fingerprint density at radius 3 is 2.25 bits per heavy atom.